The average Bonchev–Trinajstić information content (AvgIpc) is 3.12. The van der Waals surface area contributed by atoms with E-state index in [0.717, 1.165) is 19.5 Å². The lowest BCUT2D eigenvalue weighted by Gasteiger charge is -2.08. The van der Waals surface area contributed by atoms with E-state index in [1.54, 1.807) is 24.3 Å². The zero-order valence-corrected chi connectivity index (χ0v) is 11.6. The van der Waals surface area contributed by atoms with Gasteiger partial charge < -0.3 is 10.6 Å². The number of carbonyl (C=O) groups excluding carboxylic acids is 1. The van der Waals surface area contributed by atoms with E-state index in [-0.39, 0.29) is 18.1 Å². The predicted molar refractivity (Wildman–Crippen MR) is 77.5 cm³/mol. The quantitative estimate of drug-likeness (QED) is 0.901. The summed E-state index contributed by atoms with van der Waals surface area (Å²) >= 11 is 0. The molecule has 0 unspecified atom stereocenters. The fourth-order valence-electron chi connectivity index (χ4n) is 2.48. The number of nitrogens with zero attached hydrogens (tertiary/aromatic N) is 2. The molecule has 1 aromatic heterocycles. The van der Waals surface area contributed by atoms with Crippen LogP contribution >= 0.6 is 0 Å². The molecule has 6 heteroatoms. The van der Waals surface area contributed by atoms with Crippen molar-refractivity contribution in [1.29, 1.82) is 0 Å². The Morgan fingerprint density at radius 3 is 3.05 bits per heavy atom. The molecule has 21 heavy (non-hydrogen) atoms. The van der Waals surface area contributed by atoms with E-state index >= 15 is 0 Å². The monoisotopic (exact) mass is 288 g/mol. The number of rotatable bonds is 4. The molecule has 0 bridgehead atoms. The topological polar surface area (TPSA) is 59.0 Å². The Kier molecular flexibility index (Phi) is 3.96. The number of aromatic nitrogens is 2. The summed E-state index contributed by atoms with van der Waals surface area (Å²) in [6, 6.07) is 8.38. The van der Waals surface area contributed by atoms with E-state index < -0.39 is 0 Å². The van der Waals surface area contributed by atoms with E-state index in [9.17, 15) is 9.18 Å². The van der Waals surface area contributed by atoms with Gasteiger partial charge in [0.25, 0.3) is 0 Å². The summed E-state index contributed by atoms with van der Waals surface area (Å²) in [4.78, 5) is 11.9. The van der Waals surface area contributed by atoms with Crippen LogP contribution in [0.5, 0.6) is 0 Å². The molecule has 1 saturated heterocycles. The largest absolute Gasteiger partial charge is 0.315 e. The molecule has 1 aromatic carbocycles. The minimum Gasteiger partial charge on any atom is -0.315 e. The highest BCUT2D eigenvalue weighted by molar-refractivity contribution is 5.91. The van der Waals surface area contributed by atoms with E-state index in [1.807, 2.05) is 10.9 Å². The van der Waals surface area contributed by atoms with Crippen LogP contribution in [-0.4, -0.2) is 28.8 Å². The van der Waals surface area contributed by atoms with E-state index in [0.29, 0.717) is 17.4 Å². The first-order chi connectivity index (χ1) is 10.2. The Balaban J connectivity index is 1.61. The van der Waals surface area contributed by atoms with Crippen molar-refractivity contribution in [2.45, 2.75) is 18.9 Å². The fourth-order valence-corrected chi connectivity index (χ4v) is 2.48. The number of halogens is 1. The first-order valence-corrected chi connectivity index (χ1v) is 7.01. The summed E-state index contributed by atoms with van der Waals surface area (Å²) in [6.45, 7) is 1.88. The van der Waals surface area contributed by atoms with Crippen molar-refractivity contribution in [2.75, 3.05) is 18.4 Å². The van der Waals surface area contributed by atoms with Crippen molar-refractivity contribution in [2.24, 2.45) is 0 Å². The van der Waals surface area contributed by atoms with Crippen LogP contribution in [0.3, 0.4) is 0 Å². The highest BCUT2D eigenvalue weighted by Crippen LogP contribution is 2.16. The molecule has 1 amide bonds. The molecule has 0 radical (unpaired) electrons. The van der Waals surface area contributed by atoms with Gasteiger partial charge in [-0.25, -0.2) is 4.39 Å². The van der Waals surface area contributed by atoms with Crippen molar-refractivity contribution in [3.8, 4) is 0 Å². The summed E-state index contributed by atoms with van der Waals surface area (Å²) in [7, 11) is 0. The van der Waals surface area contributed by atoms with Gasteiger partial charge in [-0.15, -0.1) is 0 Å². The van der Waals surface area contributed by atoms with Crippen LogP contribution in [0.4, 0.5) is 10.2 Å². The van der Waals surface area contributed by atoms with E-state index in [2.05, 4.69) is 15.7 Å². The SMILES string of the molecule is O=C(Cc1ccccc1F)Nc1ccn([C@@H]2CCNC2)n1. The third-order valence-corrected chi connectivity index (χ3v) is 3.59. The number of carbonyl (C=O) groups is 1. The first-order valence-electron chi connectivity index (χ1n) is 7.01. The highest BCUT2D eigenvalue weighted by atomic mass is 19.1. The molecule has 5 nitrogen and oxygen atoms in total. The predicted octanol–water partition coefficient (Wildman–Crippen LogP) is 1.74. The first kappa shape index (κ1) is 13.8. The lowest BCUT2D eigenvalue weighted by molar-refractivity contribution is -0.115. The van der Waals surface area contributed by atoms with Gasteiger partial charge in [0.15, 0.2) is 5.82 Å². The molecule has 1 fully saturated rings. The number of benzene rings is 1. The van der Waals surface area contributed by atoms with Crippen LogP contribution in [0, 0.1) is 5.82 Å². The van der Waals surface area contributed by atoms with Crippen LogP contribution in [0.15, 0.2) is 36.5 Å². The minimum absolute atomic E-state index is 0.00448. The molecular weight excluding hydrogens is 271 g/mol. The maximum Gasteiger partial charge on any atom is 0.230 e. The molecule has 0 aliphatic carbocycles. The zero-order chi connectivity index (χ0) is 14.7. The second kappa shape index (κ2) is 6.05. The average molecular weight is 288 g/mol. The second-order valence-corrected chi connectivity index (χ2v) is 5.14. The van der Waals surface area contributed by atoms with Gasteiger partial charge in [-0.1, -0.05) is 18.2 Å². The summed E-state index contributed by atoms with van der Waals surface area (Å²) in [5.74, 6) is -0.131. The third-order valence-electron chi connectivity index (χ3n) is 3.59. The molecule has 2 heterocycles. The van der Waals surface area contributed by atoms with Gasteiger partial charge >= 0.3 is 0 Å². The van der Waals surface area contributed by atoms with Crippen LogP contribution < -0.4 is 10.6 Å². The normalized spacial score (nSPS) is 17.9. The lowest BCUT2D eigenvalue weighted by atomic mass is 10.1. The summed E-state index contributed by atoms with van der Waals surface area (Å²) in [5.41, 5.74) is 0.384. The van der Waals surface area contributed by atoms with Gasteiger partial charge in [-0.3, -0.25) is 9.48 Å². The Labute approximate surface area is 122 Å². The van der Waals surface area contributed by atoms with Crippen LogP contribution in [0.25, 0.3) is 0 Å². The molecule has 2 aromatic rings. The molecule has 110 valence electrons. The Bertz CT molecular complexity index is 634. The van der Waals surface area contributed by atoms with Gasteiger partial charge in [0.2, 0.25) is 5.91 Å². The molecule has 1 aliphatic rings. The van der Waals surface area contributed by atoms with Gasteiger partial charge in [0, 0.05) is 18.8 Å². The number of anilines is 1. The number of amides is 1. The lowest BCUT2D eigenvalue weighted by Crippen LogP contribution is -2.17. The van der Waals surface area contributed by atoms with Crippen LogP contribution in [-0.2, 0) is 11.2 Å². The maximum atomic E-state index is 13.5. The molecule has 1 atom stereocenters. The minimum atomic E-state index is -0.366. The molecule has 1 aliphatic heterocycles. The highest BCUT2D eigenvalue weighted by Gasteiger charge is 2.17. The number of nitrogens with one attached hydrogen (secondary N) is 2. The maximum absolute atomic E-state index is 13.5. The van der Waals surface area contributed by atoms with E-state index in [4.69, 9.17) is 0 Å². The second-order valence-electron chi connectivity index (χ2n) is 5.14. The summed E-state index contributed by atoms with van der Waals surface area (Å²) in [6.07, 6.45) is 2.89. The Hall–Kier alpha value is -2.21. The Morgan fingerprint density at radius 2 is 2.29 bits per heavy atom. The zero-order valence-electron chi connectivity index (χ0n) is 11.6. The molecular formula is C15H17FN4O. The molecule has 3 rings (SSSR count). The van der Waals surface area contributed by atoms with Crippen molar-refractivity contribution in [3.63, 3.8) is 0 Å². The van der Waals surface area contributed by atoms with Crippen molar-refractivity contribution >= 4 is 11.7 Å². The van der Waals surface area contributed by atoms with Crippen molar-refractivity contribution in [1.82, 2.24) is 15.1 Å². The summed E-state index contributed by atoms with van der Waals surface area (Å²) in [5, 5.41) is 10.3. The molecule has 2 N–H and O–H groups in total. The van der Waals surface area contributed by atoms with Gasteiger partial charge in [-0.05, 0) is 24.6 Å². The third kappa shape index (κ3) is 3.28. The van der Waals surface area contributed by atoms with Gasteiger partial charge in [0.1, 0.15) is 5.82 Å². The number of hydrogen-bond donors (Lipinski definition) is 2. The van der Waals surface area contributed by atoms with Crippen LogP contribution in [0.2, 0.25) is 0 Å². The Morgan fingerprint density at radius 1 is 1.43 bits per heavy atom. The molecule has 0 spiro atoms. The molecule has 0 saturated carbocycles. The van der Waals surface area contributed by atoms with Gasteiger partial charge in [-0.2, -0.15) is 5.10 Å². The van der Waals surface area contributed by atoms with Crippen molar-refractivity contribution in [3.05, 3.63) is 47.9 Å². The van der Waals surface area contributed by atoms with E-state index in [1.165, 1.54) is 6.07 Å². The van der Waals surface area contributed by atoms with Gasteiger partial charge in [0.05, 0.1) is 12.5 Å². The number of hydrogen-bond acceptors (Lipinski definition) is 3. The fraction of sp³-hybridized carbons (Fsp3) is 0.333. The standard InChI is InChI=1S/C15H17FN4O/c16-13-4-2-1-3-11(13)9-15(21)18-14-6-8-20(19-14)12-5-7-17-10-12/h1-4,6,8,12,17H,5,7,9-10H2,(H,18,19,21)/t12-/m1/s1. The van der Waals surface area contributed by atoms with Crippen molar-refractivity contribution < 1.29 is 9.18 Å². The van der Waals surface area contributed by atoms with Crippen LogP contribution in [0.1, 0.15) is 18.0 Å². The summed E-state index contributed by atoms with van der Waals surface area (Å²) < 4.78 is 15.4. The smallest absolute Gasteiger partial charge is 0.230 e.